The van der Waals surface area contributed by atoms with Crippen LogP contribution in [0.15, 0.2) is 95.9 Å². The van der Waals surface area contributed by atoms with Crippen LogP contribution in [0.4, 0.5) is 10.1 Å². The van der Waals surface area contributed by atoms with E-state index >= 15 is 0 Å². The first kappa shape index (κ1) is 33.7. The van der Waals surface area contributed by atoms with Crippen LogP contribution in [-0.2, 0) is 27.9 Å². The highest BCUT2D eigenvalue weighted by Crippen LogP contribution is 2.56. The second-order valence-electron chi connectivity index (χ2n) is 15.5. The zero-order valence-corrected chi connectivity index (χ0v) is 33.0. The number of ether oxygens (including phenoxy) is 1. The molecule has 0 saturated carbocycles. The predicted molar refractivity (Wildman–Crippen MR) is 218 cm³/mol. The van der Waals surface area contributed by atoms with E-state index in [1.54, 1.807) is 34.8 Å². The summed E-state index contributed by atoms with van der Waals surface area (Å²) in [6.07, 6.45) is 0. The number of nitrogens with zero attached hydrogens (tertiary/aromatic N) is 2. The average Bonchev–Trinajstić information content (AvgIpc) is 3.75. The van der Waals surface area contributed by atoms with Crippen molar-refractivity contribution in [3.8, 4) is 32.4 Å². The Balaban J connectivity index is 1.36. The fourth-order valence-corrected chi connectivity index (χ4v) is 12.4. The molecule has 54 heavy (non-hydrogen) atoms. The van der Waals surface area contributed by atoms with Gasteiger partial charge in [-0.25, -0.2) is 8.97 Å². The van der Waals surface area contributed by atoms with Crippen molar-refractivity contribution in [2.24, 2.45) is 0 Å². The van der Waals surface area contributed by atoms with Crippen molar-refractivity contribution in [2.75, 3.05) is 19.0 Å². The molecule has 10 heteroatoms. The second-order valence-corrected chi connectivity index (χ2v) is 19.0. The van der Waals surface area contributed by atoms with Crippen LogP contribution in [0, 0.1) is 0 Å². The highest BCUT2D eigenvalue weighted by molar-refractivity contribution is 7.86. The third kappa shape index (κ3) is 4.45. The molecular formula is C44H36FN2O4S3+. The quantitative estimate of drug-likeness (QED) is 0.143. The molecule has 3 aliphatic rings. The largest absolute Gasteiger partial charge is 0.456 e. The van der Waals surface area contributed by atoms with Crippen LogP contribution in [0.5, 0.6) is 11.5 Å². The highest BCUT2D eigenvalue weighted by atomic mass is 32.2. The van der Waals surface area contributed by atoms with E-state index in [1.807, 2.05) is 0 Å². The van der Waals surface area contributed by atoms with Gasteiger partial charge in [-0.15, -0.1) is 22.7 Å². The maximum absolute atomic E-state index is 14.1. The lowest BCUT2D eigenvalue weighted by atomic mass is 9.81. The van der Waals surface area contributed by atoms with Crippen molar-refractivity contribution in [2.45, 2.75) is 50.3 Å². The molecule has 6 nitrogen and oxygen atoms in total. The lowest BCUT2D eigenvalue weighted by Crippen LogP contribution is -2.46. The Hall–Kier alpha value is -4.87. The van der Waals surface area contributed by atoms with E-state index in [-0.39, 0.29) is 27.1 Å². The maximum Gasteiger partial charge on any atom is 0.295 e. The van der Waals surface area contributed by atoms with Gasteiger partial charge in [0.25, 0.3) is 10.1 Å². The molecule has 0 aliphatic carbocycles. The van der Waals surface area contributed by atoms with Gasteiger partial charge in [0.2, 0.25) is 5.36 Å². The molecule has 0 unspecified atom stereocenters. The minimum atomic E-state index is -4.78. The second kappa shape index (κ2) is 11.1. The summed E-state index contributed by atoms with van der Waals surface area (Å²) in [5.41, 5.74) is 6.53. The third-order valence-corrected chi connectivity index (χ3v) is 15.3. The highest BCUT2D eigenvalue weighted by Gasteiger charge is 2.43. The van der Waals surface area contributed by atoms with Crippen molar-refractivity contribution >= 4 is 64.2 Å². The average molecular weight is 772 g/mol. The van der Waals surface area contributed by atoms with Crippen molar-refractivity contribution in [3.05, 3.63) is 129 Å². The molecule has 270 valence electrons. The van der Waals surface area contributed by atoms with Crippen molar-refractivity contribution < 1.29 is 22.1 Å². The summed E-state index contributed by atoms with van der Waals surface area (Å²) in [5, 5.41) is 4.10. The van der Waals surface area contributed by atoms with Crippen LogP contribution in [0.2, 0.25) is 0 Å². The van der Waals surface area contributed by atoms with E-state index in [1.165, 1.54) is 37.4 Å². The van der Waals surface area contributed by atoms with Crippen LogP contribution in [0.3, 0.4) is 0 Å². The van der Waals surface area contributed by atoms with Crippen LogP contribution >= 0.6 is 22.7 Å². The van der Waals surface area contributed by atoms with E-state index in [9.17, 15) is 17.4 Å². The smallest absolute Gasteiger partial charge is 0.295 e. The summed E-state index contributed by atoms with van der Waals surface area (Å²) in [5.74, 6) is 1.14. The number of halogens is 1. The minimum Gasteiger partial charge on any atom is -0.456 e. The molecule has 10 rings (SSSR count). The monoisotopic (exact) mass is 771 g/mol. The lowest BCUT2D eigenvalue weighted by molar-refractivity contribution is 0.371. The van der Waals surface area contributed by atoms with Gasteiger partial charge in [-0.3, -0.25) is 4.55 Å². The molecular weight excluding hydrogens is 736 g/mol. The Morgan fingerprint density at radius 3 is 2.09 bits per heavy atom. The van der Waals surface area contributed by atoms with Crippen LogP contribution < -0.4 is 24.8 Å². The Morgan fingerprint density at radius 2 is 1.43 bits per heavy atom. The standard InChI is InChI=1S/C44H35FN2O4S3/c1-43(2)39-24-11-7-9-13-35(24)52-41(39)27-18-29-33(20-31(27)46(43)5)51-34-21-32-28(42-40(44(3,4)47(32)6)25-12-8-10-14-36(25)53-42)19-30(34)38(29)26-16-15-23(22-45)17-37(26)54(48,49)50/h7-21H,22H2,1-6H3/p+1. The molecule has 7 aromatic rings. The molecule has 0 spiro atoms. The van der Waals surface area contributed by atoms with Gasteiger partial charge in [-0.2, -0.15) is 8.42 Å². The summed E-state index contributed by atoms with van der Waals surface area (Å²) < 4.78 is 62.7. The summed E-state index contributed by atoms with van der Waals surface area (Å²) in [6.45, 7) is 8.06. The summed E-state index contributed by atoms with van der Waals surface area (Å²) >= 11 is 3.49. The Bertz CT molecular complexity index is 3080. The number of fused-ring (bicyclic) bond motifs is 12. The molecule has 2 aromatic heterocycles. The molecule has 0 saturated heterocycles. The van der Waals surface area contributed by atoms with Crippen molar-refractivity contribution in [1.82, 2.24) is 4.58 Å². The van der Waals surface area contributed by atoms with Gasteiger partial charge in [0, 0.05) is 90.9 Å². The molecule has 0 atom stereocenters. The van der Waals surface area contributed by atoms with Gasteiger partial charge in [0.1, 0.15) is 30.1 Å². The number of benzene rings is 5. The van der Waals surface area contributed by atoms with Gasteiger partial charge >= 0.3 is 0 Å². The molecule has 0 amide bonds. The number of thiophene rings is 2. The van der Waals surface area contributed by atoms with Gasteiger partial charge in [-0.05, 0) is 55.1 Å². The third-order valence-electron chi connectivity index (χ3n) is 12.0. The van der Waals surface area contributed by atoms with Crippen molar-refractivity contribution in [3.63, 3.8) is 0 Å². The van der Waals surface area contributed by atoms with Gasteiger partial charge in [0.15, 0.2) is 5.54 Å². The number of hydrogen-bond acceptors (Lipinski definition) is 6. The fraction of sp³-hybridized carbons (Fsp3) is 0.205. The molecule has 3 aliphatic heterocycles. The summed E-state index contributed by atoms with van der Waals surface area (Å²) in [6, 6.07) is 29.7. The van der Waals surface area contributed by atoms with E-state index < -0.39 is 16.8 Å². The number of anilines is 1. The minimum absolute atomic E-state index is 0.160. The Morgan fingerprint density at radius 1 is 0.778 bits per heavy atom. The fourth-order valence-electron chi connectivity index (χ4n) is 8.86. The molecule has 0 fully saturated rings. The zero-order chi connectivity index (χ0) is 37.6. The Labute approximate surface area is 320 Å². The predicted octanol–water partition coefficient (Wildman–Crippen LogP) is 9.57. The molecule has 0 bridgehead atoms. The normalized spacial score (nSPS) is 16.3. The van der Waals surface area contributed by atoms with E-state index in [2.05, 4.69) is 124 Å². The summed E-state index contributed by atoms with van der Waals surface area (Å²) in [4.78, 5) is 4.24. The molecule has 5 heterocycles. The van der Waals surface area contributed by atoms with Crippen LogP contribution in [0.1, 0.15) is 55.5 Å². The van der Waals surface area contributed by atoms with Crippen LogP contribution in [-0.4, -0.2) is 27.1 Å². The van der Waals surface area contributed by atoms with Crippen molar-refractivity contribution in [1.29, 1.82) is 0 Å². The van der Waals surface area contributed by atoms with Gasteiger partial charge in [-0.1, -0.05) is 48.5 Å². The zero-order valence-electron chi connectivity index (χ0n) is 30.5. The van der Waals surface area contributed by atoms with E-state index in [0.29, 0.717) is 27.9 Å². The lowest BCUT2D eigenvalue weighted by Gasteiger charge is -2.43. The topological polar surface area (TPSA) is 69.9 Å². The van der Waals surface area contributed by atoms with Gasteiger partial charge in [0.05, 0.1) is 22.0 Å². The number of hydrogen-bond donors (Lipinski definition) is 1. The maximum atomic E-state index is 14.1. The van der Waals surface area contributed by atoms with E-state index in [4.69, 9.17) is 4.74 Å². The summed E-state index contributed by atoms with van der Waals surface area (Å²) in [7, 11) is -0.573. The molecule has 1 N–H and O–H groups in total. The first-order chi connectivity index (χ1) is 25.7. The Kier molecular flexibility index (Phi) is 6.92. The van der Waals surface area contributed by atoms with Gasteiger partial charge < -0.3 is 9.64 Å². The molecule has 5 aromatic carbocycles. The number of rotatable bonds is 3. The van der Waals surface area contributed by atoms with Crippen LogP contribution in [0.25, 0.3) is 46.6 Å². The first-order valence-corrected chi connectivity index (χ1v) is 20.9. The van der Waals surface area contributed by atoms with E-state index in [0.717, 1.165) is 31.9 Å². The SMILES string of the molecule is CN1c2cc3c(cc2-c2sc4ccccc4c2C1(C)C)C(c1ccc(CF)cc1S(=O)(=O)O)=c1cc2c(cc1O3)=[N+](C)C(C)(C)c1c-2sc2ccccc12. The number of alkyl halides is 1. The molecule has 0 radical (unpaired) electrons. The first-order valence-electron chi connectivity index (χ1n) is 17.8.